The molecule has 0 radical (unpaired) electrons. The Morgan fingerprint density at radius 1 is 1.10 bits per heavy atom. The van der Waals surface area contributed by atoms with Gasteiger partial charge in [-0.25, -0.2) is 8.78 Å². The number of carbonyl (C=O) groups excluding carboxylic acids is 1. The van der Waals surface area contributed by atoms with Gasteiger partial charge in [-0.3, -0.25) is 4.79 Å². The number of carbonyl (C=O) groups is 1. The summed E-state index contributed by atoms with van der Waals surface area (Å²) in [6.07, 6.45) is 0. The predicted molar refractivity (Wildman–Crippen MR) is 71.0 cm³/mol. The zero-order valence-corrected chi connectivity index (χ0v) is 10.7. The fourth-order valence-electron chi connectivity index (χ4n) is 1.95. The van der Waals surface area contributed by atoms with Gasteiger partial charge < -0.3 is 4.42 Å². The van der Waals surface area contributed by atoms with E-state index >= 15 is 0 Å². The third-order valence-corrected chi connectivity index (χ3v) is 3.21. The summed E-state index contributed by atoms with van der Waals surface area (Å²) in [6.45, 7) is 0. The molecule has 100 valence electrons. The topological polar surface area (TPSA) is 30.2 Å². The maximum Gasteiger partial charge on any atom is 0.231 e. The van der Waals surface area contributed by atoms with Crippen LogP contribution >= 0.6 is 11.6 Å². The number of halogens is 3. The van der Waals surface area contributed by atoms with E-state index in [-0.39, 0.29) is 21.9 Å². The lowest BCUT2D eigenvalue weighted by atomic mass is 10.1. The van der Waals surface area contributed by atoms with E-state index in [1.165, 1.54) is 36.4 Å². The fourth-order valence-corrected chi connectivity index (χ4v) is 2.13. The minimum atomic E-state index is -0.819. The van der Waals surface area contributed by atoms with Crippen molar-refractivity contribution in [1.29, 1.82) is 0 Å². The lowest BCUT2D eigenvalue weighted by Crippen LogP contribution is -2.03. The van der Waals surface area contributed by atoms with Crippen molar-refractivity contribution < 1.29 is 18.0 Å². The van der Waals surface area contributed by atoms with Crippen molar-refractivity contribution in [2.24, 2.45) is 0 Å². The number of hydrogen-bond donors (Lipinski definition) is 0. The van der Waals surface area contributed by atoms with Crippen molar-refractivity contribution in [1.82, 2.24) is 0 Å². The van der Waals surface area contributed by atoms with Gasteiger partial charge in [-0.1, -0.05) is 29.8 Å². The van der Waals surface area contributed by atoms with Crippen molar-refractivity contribution in [2.75, 3.05) is 0 Å². The molecule has 0 N–H and O–H groups in total. The molecule has 1 heterocycles. The van der Waals surface area contributed by atoms with E-state index in [0.29, 0.717) is 5.39 Å². The van der Waals surface area contributed by atoms with Gasteiger partial charge in [0.1, 0.15) is 0 Å². The Balaban J connectivity index is 2.13. The molecule has 0 amide bonds. The summed E-state index contributed by atoms with van der Waals surface area (Å²) in [7, 11) is 0. The third kappa shape index (κ3) is 1.98. The second-order valence-electron chi connectivity index (χ2n) is 4.20. The molecule has 0 saturated carbocycles. The summed E-state index contributed by atoms with van der Waals surface area (Å²) in [5.74, 6) is -2.21. The van der Waals surface area contributed by atoms with Gasteiger partial charge in [-0.2, -0.15) is 0 Å². The summed E-state index contributed by atoms with van der Waals surface area (Å²) < 4.78 is 32.5. The molecule has 0 aliphatic rings. The van der Waals surface area contributed by atoms with Crippen LogP contribution in [0.4, 0.5) is 8.78 Å². The van der Waals surface area contributed by atoms with Crippen LogP contribution in [-0.4, -0.2) is 5.78 Å². The monoisotopic (exact) mass is 292 g/mol. The first-order valence-corrected chi connectivity index (χ1v) is 6.12. The summed E-state index contributed by atoms with van der Waals surface area (Å²) in [6, 6.07) is 9.80. The van der Waals surface area contributed by atoms with Crippen molar-refractivity contribution in [3.05, 3.63) is 70.4 Å². The van der Waals surface area contributed by atoms with Crippen LogP contribution in [0.3, 0.4) is 0 Å². The Hall–Kier alpha value is -2.20. The van der Waals surface area contributed by atoms with Crippen LogP contribution in [-0.2, 0) is 0 Å². The van der Waals surface area contributed by atoms with E-state index in [4.69, 9.17) is 16.0 Å². The Morgan fingerprint density at radius 3 is 2.60 bits per heavy atom. The van der Waals surface area contributed by atoms with Gasteiger partial charge >= 0.3 is 0 Å². The summed E-state index contributed by atoms with van der Waals surface area (Å²) in [5.41, 5.74) is -0.241. The van der Waals surface area contributed by atoms with Crippen LogP contribution in [0.15, 0.2) is 46.9 Å². The molecular formula is C15H7ClF2O2. The first-order valence-electron chi connectivity index (χ1n) is 5.74. The zero-order chi connectivity index (χ0) is 14.3. The van der Waals surface area contributed by atoms with Gasteiger partial charge in [-0.05, 0) is 24.3 Å². The van der Waals surface area contributed by atoms with Gasteiger partial charge in [0, 0.05) is 5.39 Å². The quantitative estimate of drug-likeness (QED) is 0.646. The van der Waals surface area contributed by atoms with Crippen molar-refractivity contribution in [3.8, 4) is 0 Å². The number of hydrogen-bond acceptors (Lipinski definition) is 2. The van der Waals surface area contributed by atoms with Crippen LogP contribution in [0.25, 0.3) is 11.0 Å². The summed E-state index contributed by atoms with van der Waals surface area (Å²) in [5, 5.41) is 0.286. The number of benzene rings is 2. The van der Waals surface area contributed by atoms with Gasteiger partial charge in [-0.15, -0.1) is 0 Å². The maximum absolute atomic E-state index is 13.8. The molecule has 5 heteroatoms. The molecule has 0 aliphatic heterocycles. The normalized spacial score (nSPS) is 10.9. The second-order valence-corrected chi connectivity index (χ2v) is 4.61. The lowest BCUT2D eigenvalue weighted by Gasteiger charge is -2.00. The van der Waals surface area contributed by atoms with E-state index in [2.05, 4.69) is 0 Å². The van der Waals surface area contributed by atoms with Crippen LogP contribution in [0, 0.1) is 11.6 Å². The highest BCUT2D eigenvalue weighted by molar-refractivity contribution is 6.31. The van der Waals surface area contributed by atoms with E-state index < -0.39 is 17.4 Å². The standard InChI is InChI=1S/C15H7ClF2O2/c16-10-5-2-4-9(13(10)18)14(19)12-7-8-3-1-6-11(17)15(8)20-12/h1-7H. The minimum Gasteiger partial charge on any atom is -0.449 e. The molecule has 1 aromatic heterocycles. The molecular weight excluding hydrogens is 286 g/mol. The molecule has 3 aromatic rings. The lowest BCUT2D eigenvalue weighted by molar-refractivity contribution is 0.101. The maximum atomic E-state index is 13.8. The SMILES string of the molecule is O=C(c1cc2cccc(F)c2o1)c1cccc(Cl)c1F. The van der Waals surface area contributed by atoms with Gasteiger partial charge in [0.2, 0.25) is 5.78 Å². The van der Waals surface area contributed by atoms with E-state index in [1.54, 1.807) is 6.07 Å². The van der Waals surface area contributed by atoms with Crippen LogP contribution in [0.1, 0.15) is 16.1 Å². The molecule has 0 spiro atoms. The highest BCUT2D eigenvalue weighted by Crippen LogP contribution is 2.26. The molecule has 2 aromatic carbocycles. The van der Waals surface area contributed by atoms with Crippen LogP contribution in [0.2, 0.25) is 5.02 Å². The van der Waals surface area contributed by atoms with E-state index in [1.807, 2.05) is 0 Å². The third-order valence-electron chi connectivity index (χ3n) is 2.92. The zero-order valence-electron chi connectivity index (χ0n) is 9.99. The number of rotatable bonds is 2. The number of fused-ring (bicyclic) bond motifs is 1. The fraction of sp³-hybridized carbons (Fsp3) is 0. The Bertz CT molecular complexity index is 824. The molecule has 0 bridgehead atoms. The van der Waals surface area contributed by atoms with Crippen LogP contribution < -0.4 is 0 Å². The molecule has 0 fully saturated rings. The number of para-hydroxylation sites is 1. The average Bonchev–Trinajstić information content (AvgIpc) is 2.87. The molecule has 20 heavy (non-hydrogen) atoms. The van der Waals surface area contributed by atoms with Crippen molar-refractivity contribution >= 4 is 28.4 Å². The van der Waals surface area contributed by atoms with E-state index in [9.17, 15) is 13.6 Å². The average molecular weight is 293 g/mol. The Labute approximate surface area is 117 Å². The number of furan rings is 1. The summed E-state index contributed by atoms with van der Waals surface area (Å²) in [4.78, 5) is 12.2. The molecule has 3 rings (SSSR count). The Kier molecular flexibility index (Phi) is 3.03. The second kappa shape index (κ2) is 4.72. The predicted octanol–water partition coefficient (Wildman–Crippen LogP) is 4.60. The van der Waals surface area contributed by atoms with E-state index in [0.717, 1.165) is 0 Å². The number of ketones is 1. The van der Waals surface area contributed by atoms with Gasteiger partial charge in [0.15, 0.2) is 23.0 Å². The first-order chi connectivity index (χ1) is 9.58. The van der Waals surface area contributed by atoms with Crippen LogP contribution in [0.5, 0.6) is 0 Å². The first kappa shape index (κ1) is 12.8. The smallest absolute Gasteiger partial charge is 0.231 e. The minimum absolute atomic E-state index is 0.0294. The highest BCUT2D eigenvalue weighted by atomic mass is 35.5. The largest absolute Gasteiger partial charge is 0.449 e. The molecule has 0 aliphatic carbocycles. The van der Waals surface area contributed by atoms with Crippen molar-refractivity contribution in [2.45, 2.75) is 0 Å². The van der Waals surface area contributed by atoms with Crippen molar-refractivity contribution in [3.63, 3.8) is 0 Å². The highest BCUT2D eigenvalue weighted by Gasteiger charge is 2.20. The van der Waals surface area contributed by atoms with Gasteiger partial charge in [0.05, 0.1) is 10.6 Å². The summed E-state index contributed by atoms with van der Waals surface area (Å²) >= 11 is 5.63. The Morgan fingerprint density at radius 2 is 1.85 bits per heavy atom. The molecule has 0 saturated heterocycles. The van der Waals surface area contributed by atoms with Gasteiger partial charge in [0.25, 0.3) is 0 Å². The molecule has 2 nitrogen and oxygen atoms in total. The molecule has 0 unspecified atom stereocenters. The molecule has 0 atom stereocenters.